The van der Waals surface area contributed by atoms with E-state index in [1.165, 1.54) is 99.4 Å². The van der Waals surface area contributed by atoms with E-state index in [1.54, 1.807) is 0 Å². The highest BCUT2D eigenvalue weighted by molar-refractivity contribution is 6.26. The molecule has 1 aromatic heterocycles. The number of furan rings is 1. The van der Waals surface area contributed by atoms with Gasteiger partial charge >= 0.3 is 0 Å². The lowest BCUT2D eigenvalue weighted by molar-refractivity contribution is 0.660. The van der Waals surface area contributed by atoms with Crippen LogP contribution in [-0.2, 0) is 10.8 Å². The normalized spacial score (nSPS) is 14.6. The smallest absolute Gasteiger partial charge is 0.136 e. The van der Waals surface area contributed by atoms with Crippen molar-refractivity contribution >= 4 is 43.5 Å². The molecule has 270 valence electrons. The van der Waals surface area contributed by atoms with Crippen molar-refractivity contribution in [3.63, 3.8) is 0 Å². The fraction of sp³-hybridized carbons (Fsp3) is 0.107. The summed E-state index contributed by atoms with van der Waals surface area (Å²) >= 11 is 0. The largest absolute Gasteiger partial charge is 0.456 e. The van der Waals surface area contributed by atoms with E-state index in [4.69, 9.17) is 4.42 Å². The molecule has 0 radical (unpaired) electrons. The zero-order chi connectivity index (χ0) is 38.2. The molecule has 1 nitrogen and oxygen atoms in total. The van der Waals surface area contributed by atoms with E-state index < -0.39 is 0 Å². The van der Waals surface area contributed by atoms with Gasteiger partial charge in [-0.2, -0.15) is 0 Å². The summed E-state index contributed by atoms with van der Waals surface area (Å²) in [5.41, 5.74) is 20.0. The summed E-state index contributed by atoms with van der Waals surface area (Å²) in [5, 5.41) is 7.28. The molecule has 0 saturated heterocycles. The second-order valence-electron chi connectivity index (χ2n) is 17.2. The molecule has 10 aromatic rings. The van der Waals surface area contributed by atoms with E-state index in [0.717, 1.165) is 21.9 Å². The van der Waals surface area contributed by atoms with Crippen LogP contribution in [0.3, 0.4) is 0 Å². The van der Waals surface area contributed by atoms with Crippen molar-refractivity contribution in [1.82, 2.24) is 0 Å². The number of rotatable bonds is 3. The summed E-state index contributed by atoms with van der Waals surface area (Å²) in [6.07, 6.45) is 0. The first-order valence-corrected chi connectivity index (χ1v) is 20.2. The van der Waals surface area contributed by atoms with Gasteiger partial charge in [0.25, 0.3) is 0 Å². The minimum Gasteiger partial charge on any atom is -0.456 e. The molecule has 12 rings (SSSR count). The quantitative estimate of drug-likeness (QED) is 0.165. The average Bonchev–Trinajstić information content (AvgIpc) is 3.82. The molecule has 1 heteroatoms. The molecule has 0 atom stereocenters. The van der Waals surface area contributed by atoms with Gasteiger partial charge in [-0.1, -0.05) is 167 Å². The summed E-state index contributed by atoms with van der Waals surface area (Å²) in [6, 6.07) is 63.4. The van der Waals surface area contributed by atoms with Crippen molar-refractivity contribution in [2.24, 2.45) is 0 Å². The molecule has 2 aliphatic rings. The fourth-order valence-electron chi connectivity index (χ4n) is 10.7. The highest BCUT2D eigenvalue weighted by atomic mass is 16.3. The molecule has 0 unspecified atom stereocenters. The van der Waals surface area contributed by atoms with Crippen LogP contribution in [0.15, 0.2) is 174 Å². The molecule has 0 bridgehead atoms. The van der Waals surface area contributed by atoms with Gasteiger partial charge < -0.3 is 4.42 Å². The molecule has 0 spiro atoms. The van der Waals surface area contributed by atoms with Gasteiger partial charge in [0.05, 0.1) is 0 Å². The monoisotopic (exact) mass is 728 g/mol. The SMILES string of the molecule is CC1(C)c2ccccc2-c2cc(-c3c4ccccc4c(-c4cccc5oc6ccccc6c45)c4ccc(-c5ccc6c(c5)C(C)(C)c5ccccc5-6)cc34)ccc21. The molecular formula is C56H40O. The fourth-order valence-corrected chi connectivity index (χ4v) is 10.7. The molecule has 2 aliphatic carbocycles. The Bertz CT molecular complexity index is 3350. The zero-order valence-corrected chi connectivity index (χ0v) is 32.6. The van der Waals surface area contributed by atoms with Gasteiger partial charge in [0.15, 0.2) is 0 Å². The lowest BCUT2D eigenvalue weighted by Gasteiger charge is -2.23. The van der Waals surface area contributed by atoms with Gasteiger partial charge in [-0.05, 0) is 130 Å². The Morgan fingerprint density at radius 3 is 1.63 bits per heavy atom. The van der Waals surface area contributed by atoms with Crippen LogP contribution in [-0.4, -0.2) is 0 Å². The van der Waals surface area contributed by atoms with Crippen LogP contribution >= 0.6 is 0 Å². The summed E-state index contributed by atoms with van der Waals surface area (Å²) in [4.78, 5) is 0. The zero-order valence-electron chi connectivity index (χ0n) is 32.6. The predicted octanol–water partition coefficient (Wildman–Crippen LogP) is 15.5. The third kappa shape index (κ3) is 4.40. The van der Waals surface area contributed by atoms with Crippen LogP contribution in [0.4, 0.5) is 0 Å². The van der Waals surface area contributed by atoms with Crippen molar-refractivity contribution < 1.29 is 4.42 Å². The van der Waals surface area contributed by atoms with E-state index >= 15 is 0 Å². The second-order valence-corrected chi connectivity index (χ2v) is 17.2. The van der Waals surface area contributed by atoms with Crippen molar-refractivity contribution in [3.05, 3.63) is 192 Å². The topological polar surface area (TPSA) is 13.1 Å². The average molecular weight is 729 g/mol. The molecule has 0 amide bonds. The summed E-state index contributed by atoms with van der Waals surface area (Å²) in [6.45, 7) is 9.46. The Balaban J connectivity index is 1.17. The van der Waals surface area contributed by atoms with Crippen LogP contribution in [0.25, 0.3) is 99.1 Å². The molecular weight excluding hydrogens is 689 g/mol. The molecule has 0 fully saturated rings. The van der Waals surface area contributed by atoms with Gasteiger partial charge in [-0.25, -0.2) is 0 Å². The molecule has 9 aromatic carbocycles. The third-order valence-corrected chi connectivity index (χ3v) is 13.5. The first-order chi connectivity index (χ1) is 27.8. The summed E-state index contributed by atoms with van der Waals surface area (Å²) < 4.78 is 6.47. The summed E-state index contributed by atoms with van der Waals surface area (Å²) in [5.74, 6) is 0. The second kappa shape index (κ2) is 11.4. The highest BCUT2D eigenvalue weighted by Gasteiger charge is 2.37. The lowest BCUT2D eigenvalue weighted by atomic mass is 9.80. The number of benzene rings is 9. The number of hydrogen-bond acceptors (Lipinski definition) is 1. The Morgan fingerprint density at radius 2 is 0.842 bits per heavy atom. The maximum absolute atomic E-state index is 6.47. The first-order valence-electron chi connectivity index (χ1n) is 20.2. The maximum atomic E-state index is 6.47. The van der Waals surface area contributed by atoms with E-state index in [9.17, 15) is 0 Å². The van der Waals surface area contributed by atoms with Crippen molar-refractivity contribution in [1.29, 1.82) is 0 Å². The number of para-hydroxylation sites is 1. The highest BCUT2D eigenvalue weighted by Crippen LogP contribution is 2.53. The standard InChI is InChI=1S/C56H40O/c1-55(2)47-21-11-8-15-37(47)44-31-35(26-29-48(44)55)52-39-16-5-6-17-40(39)53(43-19-13-23-51-54(43)42-18-9-12-22-50(42)57-51)41-28-25-33(30-45(41)52)34-24-27-38-36-14-7-10-20-46(36)56(3,4)49(38)32-34/h5-32H,1-4H3. The Labute approximate surface area is 332 Å². The predicted molar refractivity (Wildman–Crippen MR) is 240 cm³/mol. The lowest BCUT2D eigenvalue weighted by Crippen LogP contribution is -2.14. The van der Waals surface area contributed by atoms with Crippen LogP contribution in [0.5, 0.6) is 0 Å². The van der Waals surface area contributed by atoms with Crippen LogP contribution in [0.1, 0.15) is 49.9 Å². The van der Waals surface area contributed by atoms with Crippen molar-refractivity contribution in [2.75, 3.05) is 0 Å². The molecule has 1 heterocycles. The molecule has 0 saturated carbocycles. The van der Waals surface area contributed by atoms with Gasteiger partial charge in [-0.3, -0.25) is 0 Å². The minimum absolute atomic E-state index is 0.0569. The van der Waals surface area contributed by atoms with Crippen LogP contribution in [0, 0.1) is 0 Å². The molecule has 57 heavy (non-hydrogen) atoms. The maximum Gasteiger partial charge on any atom is 0.136 e. The van der Waals surface area contributed by atoms with Crippen LogP contribution in [0.2, 0.25) is 0 Å². The van der Waals surface area contributed by atoms with Gasteiger partial charge in [-0.15, -0.1) is 0 Å². The molecule has 0 aliphatic heterocycles. The Morgan fingerprint density at radius 1 is 0.316 bits per heavy atom. The summed E-state index contributed by atoms with van der Waals surface area (Å²) in [7, 11) is 0. The van der Waals surface area contributed by atoms with Crippen molar-refractivity contribution in [2.45, 2.75) is 38.5 Å². The third-order valence-electron chi connectivity index (χ3n) is 13.5. The minimum atomic E-state index is -0.0755. The number of fused-ring (bicyclic) bond motifs is 11. The van der Waals surface area contributed by atoms with E-state index in [0.29, 0.717) is 0 Å². The van der Waals surface area contributed by atoms with Gasteiger partial charge in [0.1, 0.15) is 11.2 Å². The van der Waals surface area contributed by atoms with Crippen molar-refractivity contribution in [3.8, 4) is 55.6 Å². The molecule has 0 N–H and O–H groups in total. The van der Waals surface area contributed by atoms with E-state index in [1.807, 2.05) is 0 Å². The Kier molecular flexibility index (Phi) is 6.53. The van der Waals surface area contributed by atoms with E-state index in [2.05, 4.69) is 198 Å². The van der Waals surface area contributed by atoms with Gasteiger partial charge in [0.2, 0.25) is 0 Å². The first kappa shape index (κ1) is 32.5. The van der Waals surface area contributed by atoms with E-state index in [-0.39, 0.29) is 10.8 Å². The van der Waals surface area contributed by atoms with Gasteiger partial charge in [0, 0.05) is 21.6 Å². The number of hydrogen-bond donors (Lipinski definition) is 0. The van der Waals surface area contributed by atoms with Crippen LogP contribution < -0.4 is 0 Å². The Hall–Kier alpha value is -6.70.